The Kier molecular flexibility index (Phi) is 3.05. The molecule has 0 radical (unpaired) electrons. The Labute approximate surface area is 93.2 Å². The van der Waals surface area contributed by atoms with Gasteiger partial charge in [0.15, 0.2) is 0 Å². The van der Waals surface area contributed by atoms with Crippen molar-refractivity contribution < 1.29 is 0 Å². The highest BCUT2D eigenvalue weighted by Crippen LogP contribution is 2.44. The third-order valence-corrected chi connectivity index (χ3v) is 3.02. The van der Waals surface area contributed by atoms with Gasteiger partial charge in [0.25, 0.3) is 0 Å². The molecule has 1 aromatic rings. The van der Waals surface area contributed by atoms with Crippen LogP contribution in [0.3, 0.4) is 0 Å². The van der Waals surface area contributed by atoms with Crippen LogP contribution in [0.2, 0.25) is 0 Å². The summed E-state index contributed by atoms with van der Waals surface area (Å²) in [6.07, 6.45) is 2.26. The molecule has 1 saturated carbocycles. The van der Waals surface area contributed by atoms with E-state index in [1.165, 1.54) is 11.1 Å². The van der Waals surface area contributed by atoms with E-state index in [1.54, 1.807) is 0 Å². The average molecular weight is 263 g/mol. The molecule has 0 spiro atoms. The van der Waals surface area contributed by atoms with Crippen LogP contribution in [0.1, 0.15) is 24.0 Å². The minimum Gasteiger partial charge on any atom is -0.321 e. The lowest BCUT2D eigenvalue weighted by atomic mass is 10.0. The van der Waals surface area contributed by atoms with Crippen molar-refractivity contribution in [2.24, 2.45) is 5.73 Å². The zero-order valence-electron chi connectivity index (χ0n) is 7.51. The fourth-order valence-electron chi connectivity index (χ4n) is 1.53. The predicted octanol–water partition coefficient (Wildman–Crippen LogP) is 3.13. The number of hydrogen-bond acceptors (Lipinski definition) is 1. The first kappa shape index (κ1) is 11.0. The molecule has 1 nitrogen and oxygen atoms in total. The van der Waals surface area contributed by atoms with Gasteiger partial charge < -0.3 is 5.73 Å². The topological polar surface area (TPSA) is 26.0 Å². The molecule has 0 aromatic heterocycles. The fourth-order valence-corrected chi connectivity index (χ4v) is 1.90. The number of halogens is 2. The number of aryl methyl sites for hydroxylation is 1. The summed E-state index contributed by atoms with van der Waals surface area (Å²) in [6.45, 7) is 2.12. The van der Waals surface area contributed by atoms with Crippen LogP contribution in [-0.2, 0) is 5.54 Å². The van der Waals surface area contributed by atoms with Crippen molar-refractivity contribution >= 4 is 28.3 Å². The van der Waals surface area contributed by atoms with E-state index < -0.39 is 0 Å². The second-order valence-corrected chi connectivity index (χ2v) is 4.53. The van der Waals surface area contributed by atoms with Gasteiger partial charge in [0.1, 0.15) is 0 Å². The van der Waals surface area contributed by atoms with E-state index in [9.17, 15) is 0 Å². The third kappa shape index (κ3) is 2.06. The lowest BCUT2D eigenvalue weighted by Gasteiger charge is -2.12. The molecular weight excluding hydrogens is 249 g/mol. The van der Waals surface area contributed by atoms with Crippen LogP contribution >= 0.6 is 28.3 Å². The van der Waals surface area contributed by atoms with E-state index in [0.29, 0.717) is 0 Å². The molecule has 1 aliphatic carbocycles. The molecule has 2 N–H and O–H groups in total. The molecule has 13 heavy (non-hydrogen) atoms. The van der Waals surface area contributed by atoms with Gasteiger partial charge >= 0.3 is 0 Å². The largest absolute Gasteiger partial charge is 0.321 e. The normalized spacial score (nSPS) is 17.8. The van der Waals surface area contributed by atoms with Gasteiger partial charge in [-0.25, -0.2) is 0 Å². The van der Waals surface area contributed by atoms with E-state index in [2.05, 4.69) is 41.1 Å². The van der Waals surface area contributed by atoms with Crippen molar-refractivity contribution in [3.63, 3.8) is 0 Å². The first-order valence-corrected chi connectivity index (χ1v) is 4.97. The Morgan fingerprint density at radius 1 is 1.38 bits per heavy atom. The van der Waals surface area contributed by atoms with E-state index >= 15 is 0 Å². The first-order valence-electron chi connectivity index (χ1n) is 4.17. The van der Waals surface area contributed by atoms with Crippen molar-refractivity contribution in [2.45, 2.75) is 25.3 Å². The van der Waals surface area contributed by atoms with Gasteiger partial charge in [-0.1, -0.05) is 22.0 Å². The minimum atomic E-state index is -0.00609. The summed E-state index contributed by atoms with van der Waals surface area (Å²) in [4.78, 5) is 0. The molecule has 0 bridgehead atoms. The van der Waals surface area contributed by atoms with E-state index in [0.717, 1.165) is 17.3 Å². The van der Waals surface area contributed by atoms with E-state index in [-0.39, 0.29) is 17.9 Å². The van der Waals surface area contributed by atoms with Gasteiger partial charge in [0.2, 0.25) is 0 Å². The van der Waals surface area contributed by atoms with Crippen molar-refractivity contribution in [3.8, 4) is 0 Å². The SMILES string of the molecule is Cc1ccc(Br)cc1C1(N)CC1.Cl. The molecule has 3 heteroatoms. The summed E-state index contributed by atoms with van der Waals surface area (Å²) in [5, 5.41) is 0. The summed E-state index contributed by atoms with van der Waals surface area (Å²) in [5.41, 5.74) is 8.72. The van der Waals surface area contributed by atoms with Crippen molar-refractivity contribution in [1.29, 1.82) is 0 Å². The van der Waals surface area contributed by atoms with Gasteiger partial charge in [-0.2, -0.15) is 0 Å². The lowest BCUT2D eigenvalue weighted by Crippen LogP contribution is -2.19. The molecule has 0 unspecified atom stereocenters. The number of rotatable bonds is 1. The summed E-state index contributed by atoms with van der Waals surface area (Å²) in [7, 11) is 0. The molecule has 0 heterocycles. The molecule has 0 atom stereocenters. The molecular formula is C10H13BrClN. The van der Waals surface area contributed by atoms with Gasteiger partial charge in [0.05, 0.1) is 0 Å². The molecule has 0 aliphatic heterocycles. The zero-order chi connectivity index (χ0) is 8.77. The molecule has 1 aliphatic rings. The Hall–Kier alpha value is -0.0500. The number of hydrogen-bond donors (Lipinski definition) is 1. The maximum Gasteiger partial charge on any atom is 0.0414 e. The van der Waals surface area contributed by atoms with Gasteiger partial charge in [-0.15, -0.1) is 12.4 Å². The van der Waals surface area contributed by atoms with Crippen molar-refractivity contribution in [3.05, 3.63) is 33.8 Å². The van der Waals surface area contributed by atoms with Crippen LogP contribution in [0, 0.1) is 6.92 Å². The smallest absolute Gasteiger partial charge is 0.0414 e. The Morgan fingerprint density at radius 2 is 2.00 bits per heavy atom. The number of nitrogens with two attached hydrogens (primary N) is 1. The summed E-state index contributed by atoms with van der Waals surface area (Å²) in [6, 6.07) is 6.32. The van der Waals surface area contributed by atoms with Gasteiger partial charge in [-0.3, -0.25) is 0 Å². The maximum atomic E-state index is 6.12. The standard InChI is InChI=1S/C10H12BrN.ClH/c1-7-2-3-8(11)6-9(7)10(12)4-5-10;/h2-3,6H,4-5,12H2,1H3;1H. The highest BCUT2D eigenvalue weighted by atomic mass is 79.9. The molecule has 1 aromatic carbocycles. The highest BCUT2D eigenvalue weighted by molar-refractivity contribution is 9.10. The molecule has 0 amide bonds. The maximum absolute atomic E-state index is 6.12. The van der Waals surface area contributed by atoms with Gasteiger partial charge in [0, 0.05) is 10.0 Å². The average Bonchev–Trinajstić information content (AvgIpc) is 2.75. The van der Waals surface area contributed by atoms with Crippen LogP contribution < -0.4 is 5.73 Å². The Bertz CT molecular complexity index is 321. The van der Waals surface area contributed by atoms with Crippen LogP contribution in [-0.4, -0.2) is 0 Å². The highest BCUT2D eigenvalue weighted by Gasteiger charge is 2.40. The predicted molar refractivity (Wildman–Crippen MR) is 61.2 cm³/mol. The second-order valence-electron chi connectivity index (χ2n) is 3.62. The van der Waals surface area contributed by atoms with Crippen molar-refractivity contribution in [2.75, 3.05) is 0 Å². The minimum absolute atomic E-state index is 0. The first-order chi connectivity index (χ1) is 5.62. The van der Waals surface area contributed by atoms with Crippen LogP contribution in [0.5, 0.6) is 0 Å². The van der Waals surface area contributed by atoms with Crippen molar-refractivity contribution in [1.82, 2.24) is 0 Å². The third-order valence-electron chi connectivity index (χ3n) is 2.52. The number of benzene rings is 1. The molecule has 72 valence electrons. The molecule has 0 saturated heterocycles. The lowest BCUT2D eigenvalue weighted by molar-refractivity contribution is 0.732. The molecule has 2 rings (SSSR count). The summed E-state index contributed by atoms with van der Waals surface area (Å²) < 4.78 is 1.12. The zero-order valence-corrected chi connectivity index (χ0v) is 9.91. The monoisotopic (exact) mass is 261 g/mol. The Morgan fingerprint density at radius 3 is 2.54 bits per heavy atom. The van der Waals surface area contributed by atoms with Crippen LogP contribution in [0.25, 0.3) is 0 Å². The van der Waals surface area contributed by atoms with E-state index in [4.69, 9.17) is 5.73 Å². The second kappa shape index (κ2) is 3.60. The van der Waals surface area contributed by atoms with Crippen LogP contribution in [0.4, 0.5) is 0 Å². The quantitative estimate of drug-likeness (QED) is 0.827. The van der Waals surface area contributed by atoms with E-state index in [1.807, 2.05) is 0 Å². The molecule has 1 fully saturated rings. The fraction of sp³-hybridized carbons (Fsp3) is 0.400. The van der Waals surface area contributed by atoms with Gasteiger partial charge in [-0.05, 0) is 43.0 Å². The Balaban J connectivity index is 0.000000845. The summed E-state index contributed by atoms with van der Waals surface area (Å²) >= 11 is 3.46. The summed E-state index contributed by atoms with van der Waals surface area (Å²) in [5.74, 6) is 0. The van der Waals surface area contributed by atoms with Crippen LogP contribution in [0.15, 0.2) is 22.7 Å².